The van der Waals surface area contributed by atoms with Crippen LogP contribution in [0.2, 0.25) is 0 Å². The number of carbonyl (C=O) groups excluding carboxylic acids is 1. The molecule has 0 heterocycles. The zero-order valence-corrected chi connectivity index (χ0v) is 9.88. The van der Waals surface area contributed by atoms with Crippen molar-refractivity contribution in [3.8, 4) is 0 Å². The first-order chi connectivity index (χ1) is 7.54. The van der Waals surface area contributed by atoms with E-state index in [4.69, 9.17) is 5.11 Å². The van der Waals surface area contributed by atoms with Crippen LogP contribution in [0.25, 0.3) is 0 Å². The highest BCUT2D eigenvalue weighted by atomic mass is 16.4. The maximum atomic E-state index is 11.5. The average Bonchev–Trinajstić information content (AvgIpc) is 3.04. The Morgan fingerprint density at radius 3 is 2.25 bits per heavy atom. The van der Waals surface area contributed by atoms with E-state index >= 15 is 0 Å². The molecule has 5 nitrogen and oxygen atoms in total. The zero-order chi connectivity index (χ0) is 12.2. The number of carbonyl (C=O) groups is 2. The lowest BCUT2D eigenvalue weighted by Gasteiger charge is -2.17. The highest BCUT2D eigenvalue weighted by Crippen LogP contribution is 2.45. The molecule has 2 amide bonds. The Balaban J connectivity index is 2.28. The van der Waals surface area contributed by atoms with Gasteiger partial charge in [0.2, 0.25) is 0 Å². The van der Waals surface area contributed by atoms with Gasteiger partial charge in [-0.1, -0.05) is 13.8 Å². The van der Waals surface area contributed by atoms with Gasteiger partial charge in [-0.25, -0.2) is 4.79 Å². The molecule has 0 saturated heterocycles. The van der Waals surface area contributed by atoms with E-state index in [1.807, 2.05) is 13.8 Å². The minimum Gasteiger partial charge on any atom is -0.481 e. The normalized spacial score (nSPS) is 16.9. The van der Waals surface area contributed by atoms with Crippen LogP contribution < -0.4 is 10.6 Å². The van der Waals surface area contributed by atoms with E-state index in [0.717, 1.165) is 12.8 Å². The number of amides is 2. The number of aliphatic carboxylic acids is 1. The van der Waals surface area contributed by atoms with Gasteiger partial charge in [-0.3, -0.25) is 4.79 Å². The highest BCUT2D eigenvalue weighted by Gasteiger charge is 2.50. The molecule has 0 radical (unpaired) electrons. The number of nitrogens with one attached hydrogen (secondary N) is 2. The SMILES string of the molecule is CCC(CC)NC(=O)NCC1(C(=O)O)CC1. The van der Waals surface area contributed by atoms with Crippen LogP contribution in [0.3, 0.4) is 0 Å². The van der Waals surface area contributed by atoms with Crippen molar-refractivity contribution < 1.29 is 14.7 Å². The second-order valence-corrected chi connectivity index (χ2v) is 4.43. The highest BCUT2D eigenvalue weighted by molar-refractivity contribution is 5.80. The van der Waals surface area contributed by atoms with Crippen LogP contribution in [0.5, 0.6) is 0 Å². The third-order valence-electron chi connectivity index (χ3n) is 3.22. The summed E-state index contributed by atoms with van der Waals surface area (Å²) < 4.78 is 0. The molecule has 1 aliphatic rings. The summed E-state index contributed by atoms with van der Waals surface area (Å²) >= 11 is 0. The zero-order valence-electron chi connectivity index (χ0n) is 9.88. The summed E-state index contributed by atoms with van der Waals surface area (Å²) in [5.74, 6) is -0.810. The molecular weight excluding hydrogens is 208 g/mol. The first-order valence-corrected chi connectivity index (χ1v) is 5.82. The lowest BCUT2D eigenvalue weighted by Crippen LogP contribution is -2.44. The molecule has 1 fully saturated rings. The van der Waals surface area contributed by atoms with Gasteiger partial charge in [0, 0.05) is 12.6 Å². The fourth-order valence-electron chi connectivity index (χ4n) is 1.60. The van der Waals surface area contributed by atoms with Crippen LogP contribution in [0, 0.1) is 5.41 Å². The van der Waals surface area contributed by atoms with Crippen molar-refractivity contribution in [2.75, 3.05) is 6.54 Å². The lowest BCUT2D eigenvalue weighted by molar-refractivity contribution is -0.143. The Morgan fingerprint density at radius 1 is 1.31 bits per heavy atom. The predicted octanol–water partition coefficient (Wildman–Crippen LogP) is 1.34. The number of urea groups is 1. The van der Waals surface area contributed by atoms with Crippen molar-refractivity contribution in [2.24, 2.45) is 5.41 Å². The molecule has 1 aliphatic carbocycles. The van der Waals surface area contributed by atoms with Gasteiger partial charge in [0.1, 0.15) is 0 Å². The van der Waals surface area contributed by atoms with Crippen LogP contribution in [0.15, 0.2) is 0 Å². The maximum absolute atomic E-state index is 11.5. The van der Waals surface area contributed by atoms with Crippen molar-refractivity contribution in [1.82, 2.24) is 10.6 Å². The molecule has 0 spiro atoms. The first-order valence-electron chi connectivity index (χ1n) is 5.82. The fourth-order valence-corrected chi connectivity index (χ4v) is 1.60. The van der Waals surface area contributed by atoms with Gasteiger partial charge in [-0.2, -0.15) is 0 Å². The predicted molar refractivity (Wildman–Crippen MR) is 60.2 cm³/mol. The molecule has 0 atom stereocenters. The Labute approximate surface area is 95.6 Å². The molecule has 1 rings (SSSR count). The van der Waals surface area contributed by atoms with E-state index in [2.05, 4.69) is 10.6 Å². The van der Waals surface area contributed by atoms with Crippen LogP contribution in [-0.2, 0) is 4.79 Å². The topological polar surface area (TPSA) is 78.4 Å². The standard InChI is InChI=1S/C11H20N2O3/c1-3-8(4-2)13-10(16)12-7-11(5-6-11)9(14)15/h8H,3-7H2,1-2H3,(H,14,15)(H2,12,13,16). The fraction of sp³-hybridized carbons (Fsp3) is 0.818. The van der Waals surface area contributed by atoms with Crippen molar-refractivity contribution >= 4 is 12.0 Å². The van der Waals surface area contributed by atoms with E-state index in [0.29, 0.717) is 12.8 Å². The quantitative estimate of drug-likeness (QED) is 0.642. The summed E-state index contributed by atoms with van der Waals surface area (Å²) in [4.78, 5) is 22.3. The summed E-state index contributed by atoms with van der Waals surface area (Å²) in [7, 11) is 0. The van der Waals surface area contributed by atoms with Crippen LogP contribution in [0.1, 0.15) is 39.5 Å². The van der Waals surface area contributed by atoms with E-state index in [1.165, 1.54) is 0 Å². The Morgan fingerprint density at radius 2 is 1.88 bits per heavy atom. The molecule has 92 valence electrons. The minimum atomic E-state index is -0.810. The van der Waals surface area contributed by atoms with Gasteiger partial charge < -0.3 is 15.7 Å². The van der Waals surface area contributed by atoms with Gasteiger partial charge in [-0.15, -0.1) is 0 Å². The number of carboxylic acid groups (broad SMARTS) is 1. The van der Waals surface area contributed by atoms with Gasteiger partial charge >= 0.3 is 12.0 Å². The maximum Gasteiger partial charge on any atom is 0.315 e. The van der Waals surface area contributed by atoms with Crippen LogP contribution >= 0.6 is 0 Å². The number of carboxylic acids is 1. The third-order valence-corrected chi connectivity index (χ3v) is 3.22. The molecule has 0 unspecified atom stereocenters. The summed E-state index contributed by atoms with van der Waals surface area (Å²) in [6, 6.07) is -0.0961. The van der Waals surface area contributed by atoms with Gasteiger partial charge in [0.25, 0.3) is 0 Å². The number of hydrogen-bond acceptors (Lipinski definition) is 2. The van der Waals surface area contributed by atoms with Gasteiger partial charge in [0.15, 0.2) is 0 Å². The lowest BCUT2D eigenvalue weighted by atomic mass is 10.1. The largest absolute Gasteiger partial charge is 0.481 e. The first kappa shape index (κ1) is 12.8. The van der Waals surface area contributed by atoms with Crippen molar-refractivity contribution in [3.63, 3.8) is 0 Å². The van der Waals surface area contributed by atoms with Crippen molar-refractivity contribution in [2.45, 2.75) is 45.6 Å². The molecule has 16 heavy (non-hydrogen) atoms. The molecule has 5 heteroatoms. The summed E-state index contributed by atoms with van der Waals surface area (Å²) in [6.45, 7) is 4.25. The monoisotopic (exact) mass is 228 g/mol. The van der Waals surface area contributed by atoms with E-state index in [-0.39, 0.29) is 18.6 Å². The van der Waals surface area contributed by atoms with E-state index < -0.39 is 11.4 Å². The molecule has 0 aromatic heterocycles. The third kappa shape index (κ3) is 3.12. The van der Waals surface area contributed by atoms with Crippen molar-refractivity contribution in [1.29, 1.82) is 0 Å². The molecule has 1 saturated carbocycles. The average molecular weight is 228 g/mol. The Kier molecular flexibility index (Phi) is 4.15. The Bertz CT molecular complexity index is 270. The minimum absolute atomic E-state index is 0.167. The molecule has 0 bridgehead atoms. The molecule has 0 aromatic carbocycles. The molecular formula is C11H20N2O3. The smallest absolute Gasteiger partial charge is 0.315 e. The summed E-state index contributed by atoms with van der Waals surface area (Å²) in [6.07, 6.45) is 3.09. The molecule has 0 aromatic rings. The summed E-state index contributed by atoms with van der Waals surface area (Å²) in [5, 5.41) is 14.4. The van der Waals surface area contributed by atoms with Gasteiger partial charge in [-0.05, 0) is 25.7 Å². The van der Waals surface area contributed by atoms with E-state index in [9.17, 15) is 9.59 Å². The molecule has 3 N–H and O–H groups in total. The second-order valence-electron chi connectivity index (χ2n) is 4.43. The van der Waals surface area contributed by atoms with E-state index in [1.54, 1.807) is 0 Å². The second kappa shape index (κ2) is 5.18. The number of hydrogen-bond donors (Lipinski definition) is 3. The van der Waals surface area contributed by atoms with Crippen molar-refractivity contribution in [3.05, 3.63) is 0 Å². The Hall–Kier alpha value is -1.26. The van der Waals surface area contributed by atoms with Crippen LogP contribution in [-0.4, -0.2) is 29.7 Å². The summed E-state index contributed by atoms with van der Waals surface area (Å²) in [5.41, 5.74) is -0.689. The number of rotatable bonds is 6. The van der Waals surface area contributed by atoms with Crippen LogP contribution in [0.4, 0.5) is 4.79 Å². The van der Waals surface area contributed by atoms with Gasteiger partial charge in [0.05, 0.1) is 5.41 Å². The molecule has 0 aliphatic heterocycles.